The summed E-state index contributed by atoms with van der Waals surface area (Å²) in [4.78, 5) is 11.9. The van der Waals surface area contributed by atoms with E-state index in [9.17, 15) is 4.57 Å². The van der Waals surface area contributed by atoms with Gasteiger partial charge in [-0.15, -0.1) is 0 Å². The van der Waals surface area contributed by atoms with Crippen LogP contribution in [0.5, 0.6) is 0 Å². The Kier molecular flexibility index (Phi) is 5.09. The van der Waals surface area contributed by atoms with Crippen LogP contribution in [0.15, 0.2) is 9.77 Å². The van der Waals surface area contributed by atoms with E-state index in [0.717, 1.165) is 12.8 Å². The summed E-state index contributed by atoms with van der Waals surface area (Å²) in [7, 11) is -3.53. The number of azide groups is 1. The van der Waals surface area contributed by atoms with Gasteiger partial charge in [-0.05, 0) is 51.4 Å². The first-order valence-corrected chi connectivity index (χ1v) is 7.85. The average molecular weight is 270 g/mol. The lowest BCUT2D eigenvalue weighted by atomic mass is 9.77. The van der Waals surface area contributed by atoms with Gasteiger partial charge >= 0.3 is 0 Å². The van der Waals surface area contributed by atoms with Crippen molar-refractivity contribution in [3.05, 3.63) is 20.9 Å². The Hall–Kier alpha value is -1.15. The second-order valence-corrected chi connectivity index (χ2v) is 7.54. The molecule has 7 nitrogen and oxygen atoms in total. The molecule has 0 N–H and O–H groups in total. The van der Waals surface area contributed by atoms with E-state index in [2.05, 4.69) is 40.4 Å². The maximum absolute atomic E-state index is 12.6. The van der Waals surface area contributed by atoms with Gasteiger partial charge in [0, 0.05) is 15.5 Å². The second-order valence-electron chi connectivity index (χ2n) is 5.34. The van der Waals surface area contributed by atoms with Crippen LogP contribution in [0.1, 0.15) is 40.0 Å². The van der Waals surface area contributed by atoms with E-state index < -0.39 is 7.44 Å². The van der Waals surface area contributed by atoms with Gasteiger partial charge in [0.15, 0.2) is 0 Å². The molecular formula is C10H19N6OP. The Labute approximate surface area is 107 Å². The molecule has 0 amide bonds. The molecule has 0 bridgehead atoms. The van der Waals surface area contributed by atoms with E-state index in [1.54, 1.807) is 0 Å². The molecule has 1 fully saturated rings. The lowest BCUT2D eigenvalue weighted by Crippen LogP contribution is -2.31. The summed E-state index contributed by atoms with van der Waals surface area (Å²) < 4.78 is 12.6. The minimum Gasteiger partial charge on any atom is -0.309 e. The average Bonchev–Trinajstić information content (AvgIpc) is 2.29. The van der Waals surface area contributed by atoms with Crippen LogP contribution in [-0.2, 0) is 4.57 Å². The van der Waals surface area contributed by atoms with Crippen LogP contribution >= 0.6 is 7.44 Å². The van der Waals surface area contributed by atoms with Crippen molar-refractivity contribution in [3.63, 3.8) is 0 Å². The van der Waals surface area contributed by atoms with Gasteiger partial charge in [0.1, 0.15) is 0 Å². The molecule has 1 saturated carbocycles. The number of hydrogen-bond acceptors (Lipinski definition) is 1. The molecule has 0 aromatic carbocycles. The number of hydrogen-bond donors (Lipinski definition) is 0. The summed E-state index contributed by atoms with van der Waals surface area (Å²) in [5.41, 5.74) is 16.8. The Balaban J connectivity index is 3.16. The molecule has 1 aliphatic rings. The highest BCUT2D eigenvalue weighted by Crippen LogP contribution is 2.61. The van der Waals surface area contributed by atoms with Gasteiger partial charge in [0.2, 0.25) is 0 Å². The van der Waals surface area contributed by atoms with Crippen LogP contribution in [0.3, 0.4) is 0 Å². The zero-order valence-corrected chi connectivity index (χ0v) is 11.9. The molecule has 0 heterocycles. The van der Waals surface area contributed by atoms with Gasteiger partial charge < -0.3 is 4.57 Å². The molecule has 0 saturated heterocycles. The van der Waals surface area contributed by atoms with E-state index in [-0.39, 0.29) is 11.6 Å². The second kappa shape index (κ2) is 6.14. The van der Waals surface area contributed by atoms with Crippen molar-refractivity contribution in [3.8, 4) is 0 Å². The molecule has 0 aromatic heterocycles. The molecule has 1 rings (SSSR count). The van der Waals surface area contributed by atoms with Crippen LogP contribution in [-0.4, -0.2) is 5.66 Å². The predicted octanol–water partition coefficient (Wildman–Crippen LogP) is 5.26. The lowest BCUT2D eigenvalue weighted by molar-refractivity contribution is 0.236. The molecule has 100 valence electrons. The third-order valence-corrected chi connectivity index (χ3v) is 5.89. The normalized spacial score (nSPS) is 31.0. The molecule has 0 aliphatic heterocycles. The standard InChI is InChI=1S/C10H19N6OP/c1-7(2)9-5-4-8(3)6-10(9)18(17,15-13-11)16-14-12/h7-10H,4-6H2,1-3H3/t8-,9+,10-/m0/s1. The first-order valence-electron chi connectivity index (χ1n) is 6.17. The predicted molar refractivity (Wildman–Crippen MR) is 71.0 cm³/mol. The molecule has 8 heteroatoms. The van der Waals surface area contributed by atoms with Crippen molar-refractivity contribution in [2.45, 2.75) is 45.7 Å². The molecule has 0 radical (unpaired) electrons. The van der Waals surface area contributed by atoms with Crippen LogP contribution in [0.25, 0.3) is 20.9 Å². The van der Waals surface area contributed by atoms with Gasteiger partial charge in [-0.2, -0.15) is 0 Å². The fourth-order valence-corrected chi connectivity index (χ4v) is 4.96. The molecule has 3 atom stereocenters. The maximum atomic E-state index is 12.6. The van der Waals surface area contributed by atoms with Gasteiger partial charge in [-0.25, -0.2) is 0 Å². The first-order chi connectivity index (χ1) is 8.44. The van der Waals surface area contributed by atoms with E-state index in [1.165, 1.54) is 0 Å². The summed E-state index contributed by atoms with van der Waals surface area (Å²) in [5.74, 6) is 0.933. The Morgan fingerprint density at radius 1 is 1.22 bits per heavy atom. The lowest BCUT2D eigenvalue weighted by Gasteiger charge is -2.38. The zero-order valence-electron chi connectivity index (χ0n) is 11.0. The third-order valence-electron chi connectivity index (χ3n) is 3.76. The van der Waals surface area contributed by atoms with Gasteiger partial charge in [0.05, 0.1) is 0 Å². The van der Waals surface area contributed by atoms with Crippen molar-refractivity contribution in [2.24, 2.45) is 27.5 Å². The summed E-state index contributed by atoms with van der Waals surface area (Å²) >= 11 is 0. The topological polar surface area (TPSA) is 115 Å². The largest absolute Gasteiger partial charge is 0.309 e. The number of nitrogens with zero attached hydrogens (tertiary/aromatic N) is 6. The quantitative estimate of drug-likeness (QED) is 0.294. The SMILES string of the molecule is CC(C)[C@H]1CC[C@H](C)C[C@@H]1P(=O)(N=[N+]=[N-])N=[N+]=[N-]. The first kappa shape index (κ1) is 14.9. The van der Waals surface area contributed by atoms with Crippen molar-refractivity contribution >= 4 is 7.44 Å². The van der Waals surface area contributed by atoms with Crippen LogP contribution in [0.2, 0.25) is 0 Å². The summed E-state index contributed by atoms with van der Waals surface area (Å²) in [6, 6.07) is 0. The van der Waals surface area contributed by atoms with E-state index in [4.69, 9.17) is 11.1 Å². The van der Waals surface area contributed by atoms with Gasteiger partial charge in [0.25, 0.3) is 7.44 Å². The van der Waals surface area contributed by atoms with Gasteiger partial charge in [-0.1, -0.05) is 27.2 Å². The van der Waals surface area contributed by atoms with Crippen LogP contribution in [0.4, 0.5) is 0 Å². The molecule has 18 heavy (non-hydrogen) atoms. The fraction of sp³-hybridized carbons (Fsp3) is 1.00. The van der Waals surface area contributed by atoms with Gasteiger partial charge in [-0.3, -0.25) is 0 Å². The van der Waals surface area contributed by atoms with Crippen molar-refractivity contribution < 1.29 is 4.57 Å². The minimum atomic E-state index is -3.53. The molecule has 1 aliphatic carbocycles. The molecule has 0 aromatic rings. The van der Waals surface area contributed by atoms with Crippen molar-refractivity contribution in [2.75, 3.05) is 0 Å². The van der Waals surface area contributed by atoms with E-state index >= 15 is 0 Å². The van der Waals surface area contributed by atoms with Crippen LogP contribution in [0, 0.1) is 17.8 Å². The fourth-order valence-electron chi connectivity index (χ4n) is 2.80. The maximum Gasteiger partial charge on any atom is 0.261 e. The Morgan fingerprint density at radius 3 is 2.22 bits per heavy atom. The third kappa shape index (κ3) is 3.20. The highest BCUT2D eigenvalue weighted by molar-refractivity contribution is 7.61. The molecule has 0 spiro atoms. The highest BCUT2D eigenvalue weighted by Gasteiger charge is 2.42. The monoisotopic (exact) mass is 270 g/mol. The van der Waals surface area contributed by atoms with Crippen LogP contribution < -0.4 is 0 Å². The Bertz CT molecular complexity index is 416. The van der Waals surface area contributed by atoms with E-state index in [1.807, 2.05) is 0 Å². The summed E-state index contributed by atoms with van der Waals surface area (Å²) in [6.45, 7) is 6.20. The molecule has 0 unspecified atom stereocenters. The number of rotatable bonds is 4. The smallest absolute Gasteiger partial charge is 0.261 e. The summed E-state index contributed by atoms with van der Waals surface area (Å²) in [5, 5.41) is 0. The highest BCUT2D eigenvalue weighted by atomic mass is 31.2. The zero-order chi connectivity index (χ0) is 13.8. The molecular weight excluding hydrogens is 251 g/mol. The minimum absolute atomic E-state index is 0.183. The van der Waals surface area contributed by atoms with Crippen molar-refractivity contribution in [1.29, 1.82) is 0 Å². The Morgan fingerprint density at radius 2 is 1.78 bits per heavy atom. The summed E-state index contributed by atoms with van der Waals surface area (Å²) in [6.07, 6.45) is 2.71. The van der Waals surface area contributed by atoms with E-state index in [0.29, 0.717) is 18.3 Å². The van der Waals surface area contributed by atoms with Crippen molar-refractivity contribution in [1.82, 2.24) is 0 Å².